The molecular weight excluding hydrogens is 534 g/mol. The number of hydrazone groups is 1. The van der Waals surface area contributed by atoms with Crippen molar-refractivity contribution in [3.8, 4) is 11.5 Å². The number of benzene rings is 2. The molecule has 0 aliphatic heterocycles. The molecular formula is C17H16Br3N3O3. The summed E-state index contributed by atoms with van der Waals surface area (Å²) in [5.74, 6) is 0.951. The van der Waals surface area contributed by atoms with Gasteiger partial charge in [-0.1, -0.05) is 0 Å². The lowest BCUT2D eigenvalue weighted by atomic mass is 10.2. The van der Waals surface area contributed by atoms with E-state index < -0.39 is 0 Å². The largest absolute Gasteiger partial charge is 0.493 e. The lowest BCUT2D eigenvalue weighted by molar-refractivity contribution is -0.119. The van der Waals surface area contributed by atoms with Crippen molar-refractivity contribution >= 4 is 65.6 Å². The van der Waals surface area contributed by atoms with E-state index >= 15 is 0 Å². The number of amides is 1. The standard InChI is InChI=1S/C17H16Br3N3O3/c1-25-15-4-3-10(5-16(15)26-2)8-22-23-17(24)9-21-14-7-12(19)11(18)6-13(14)20/h3-8,21H,9H2,1-2H3,(H,23,24)/b22-8-. The first-order valence-corrected chi connectivity index (χ1v) is 9.75. The summed E-state index contributed by atoms with van der Waals surface area (Å²) in [5.41, 5.74) is 4.04. The Bertz CT molecular complexity index is 828. The molecule has 26 heavy (non-hydrogen) atoms. The Balaban J connectivity index is 1.91. The van der Waals surface area contributed by atoms with E-state index in [0.717, 1.165) is 24.7 Å². The molecule has 0 saturated carbocycles. The van der Waals surface area contributed by atoms with Gasteiger partial charge in [0.2, 0.25) is 0 Å². The van der Waals surface area contributed by atoms with Crippen molar-refractivity contribution in [2.75, 3.05) is 26.1 Å². The predicted molar refractivity (Wildman–Crippen MR) is 113 cm³/mol. The number of hydrogen-bond donors (Lipinski definition) is 2. The SMILES string of the molecule is COc1ccc(/C=N\NC(=O)CNc2cc(Br)c(Br)cc2Br)cc1OC. The van der Waals surface area contributed by atoms with Gasteiger partial charge in [-0.3, -0.25) is 4.79 Å². The van der Waals surface area contributed by atoms with Crippen molar-refractivity contribution in [2.24, 2.45) is 5.10 Å². The molecule has 138 valence electrons. The lowest BCUT2D eigenvalue weighted by Gasteiger charge is -2.09. The van der Waals surface area contributed by atoms with Crippen LogP contribution < -0.4 is 20.2 Å². The van der Waals surface area contributed by atoms with Crippen molar-refractivity contribution < 1.29 is 14.3 Å². The van der Waals surface area contributed by atoms with Crippen LogP contribution in [-0.2, 0) is 4.79 Å². The number of nitrogens with zero attached hydrogens (tertiary/aromatic N) is 1. The quantitative estimate of drug-likeness (QED) is 0.302. The monoisotopic (exact) mass is 547 g/mol. The van der Waals surface area contributed by atoms with E-state index in [1.807, 2.05) is 18.2 Å². The van der Waals surface area contributed by atoms with Crippen LogP contribution in [0.25, 0.3) is 0 Å². The first kappa shape index (κ1) is 20.7. The highest BCUT2D eigenvalue weighted by molar-refractivity contribution is 9.13. The van der Waals surface area contributed by atoms with Gasteiger partial charge in [-0.25, -0.2) is 5.43 Å². The average Bonchev–Trinajstić information content (AvgIpc) is 2.63. The minimum atomic E-state index is -0.271. The molecule has 0 atom stereocenters. The van der Waals surface area contributed by atoms with Crippen molar-refractivity contribution in [3.05, 3.63) is 49.3 Å². The number of methoxy groups -OCH3 is 2. The van der Waals surface area contributed by atoms with E-state index in [-0.39, 0.29) is 12.5 Å². The molecule has 0 fully saturated rings. The summed E-state index contributed by atoms with van der Waals surface area (Å²) in [6.45, 7) is 0.0793. The summed E-state index contributed by atoms with van der Waals surface area (Å²) >= 11 is 10.3. The normalized spacial score (nSPS) is 10.7. The Morgan fingerprint density at radius 2 is 1.73 bits per heavy atom. The van der Waals surface area contributed by atoms with Crippen LogP contribution in [0.15, 0.2) is 48.9 Å². The van der Waals surface area contributed by atoms with Gasteiger partial charge in [-0.05, 0) is 83.7 Å². The van der Waals surface area contributed by atoms with Crippen molar-refractivity contribution in [1.29, 1.82) is 0 Å². The molecule has 2 rings (SSSR count). The fourth-order valence-corrected chi connectivity index (χ4v) is 3.46. The number of carbonyl (C=O) groups is 1. The second kappa shape index (κ2) is 9.94. The Hall–Kier alpha value is -1.58. The van der Waals surface area contributed by atoms with Crippen LogP contribution >= 0.6 is 47.8 Å². The van der Waals surface area contributed by atoms with Crippen LogP contribution in [0.3, 0.4) is 0 Å². The summed E-state index contributed by atoms with van der Waals surface area (Å²) in [6.07, 6.45) is 1.53. The molecule has 0 aliphatic rings. The molecule has 1 amide bonds. The summed E-state index contributed by atoms with van der Waals surface area (Å²) in [5, 5.41) is 6.99. The number of ether oxygens (including phenoxy) is 2. The van der Waals surface area contributed by atoms with Gasteiger partial charge in [0.25, 0.3) is 5.91 Å². The third kappa shape index (κ3) is 5.72. The van der Waals surface area contributed by atoms with Gasteiger partial charge in [-0.15, -0.1) is 0 Å². The number of nitrogens with one attached hydrogen (secondary N) is 2. The number of halogens is 3. The second-order valence-corrected chi connectivity index (χ2v) is 7.57. The Morgan fingerprint density at radius 3 is 2.42 bits per heavy atom. The molecule has 0 aliphatic carbocycles. The molecule has 9 heteroatoms. The van der Waals surface area contributed by atoms with Gasteiger partial charge in [0.15, 0.2) is 11.5 Å². The van der Waals surface area contributed by atoms with Crippen LogP contribution in [0, 0.1) is 0 Å². The van der Waals surface area contributed by atoms with Crippen LogP contribution in [0.4, 0.5) is 5.69 Å². The summed E-state index contributed by atoms with van der Waals surface area (Å²) in [7, 11) is 3.13. The maximum atomic E-state index is 11.9. The molecule has 2 aromatic rings. The van der Waals surface area contributed by atoms with Crippen LogP contribution in [-0.4, -0.2) is 32.9 Å². The van der Waals surface area contributed by atoms with Gasteiger partial charge >= 0.3 is 0 Å². The van der Waals surface area contributed by atoms with Crippen molar-refractivity contribution in [1.82, 2.24) is 5.43 Å². The first-order chi connectivity index (χ1) is 12.4. The van der Waals surface area contributed by atoms with E-state index in [1.54, 1.807) is 26.4 Å². The zero-order chi connectivity index (χ0) is 19.1. The third-order valence-electron chi connectivity index (χ3n) is 3.26. The van der Waals surface area contributed by atoms with E-state index in [0.29, 0.717) is 11.5 Å². The van der Waals surface area contributed by atoms with Gasteiger partial charge < -0.3 is 14.8 Å². The maximum Gasteiger partial charge on any atom is 0.259 e. The molecule has 0 heterocycles. The van der Waals surface area contributed by atoms with Gasteiger partial charge in [0.05, 0.1) is 32.7 Å². The minimum Gasteiger partial charge on any atom is -0.493 e. The van der Waals surface area contributed by atoms with Gasteiger partial charge in [0.1, 0.15) is 0 Å². The lowest BCUT2D eigenvalue weighted by Crippen LogP contribution is -2.26. The van der Waals surface area contributed by atoms with Gasteiger partial charge in [-0.2, -0.15) is 5.10 Å². The number of rotatable bonds is 7. The highest BCUT2D eigenvalue weighted by Crippen LogP contribution is 2.32. The van der Waals surface area contributed by atoms with E-state index in [1.165, 1.54) is 6.21 Å². The number of hydrogen-bond acceptors (Lipinski definition) is 5. The molecule has 6 nitrogen and oxygen atoms in total. The molecule has 0 unspecified atom stereocenters. The fourth-order valence-electron chi connectivity index (χ4n) is 1.98. The third-order valence-corrected chi connectivity index (χ3v) is 5.76. The highest BCUT2D eigenvalue weighted by Gasteiger charge is 2.07. The number of carbonyl (C=O) groups excluding carboxylic acids is 1. The number of anilines is 1. The Labute approximate surface area is 176 Å². The van der Waals surface area contributed by atoms with E-state index in [9.17, 15) is 4.79 Å². The highest BCUT2D eigenvalue weighted by atomic mass is 79.9. The van der Waals surface area contributed by atoms with Gasteiger partial charge in [0, 0.05) is 13.4 Å². The first-order valence-electron chi connectivity index (χ1n) is 7.37. The predicted octanol–water partition coefficient (Wildman–Crippen LogP) is 4.55. The molecule has 2 aromatic carbocycles. The fraction of sp³-hybridized carbons (Fsp3) is 0.176. The summed E-state index contributed by atoms with van der Waals surface area (Å²) in [4.78, 5) is 11.9. The van der Waals surface area contributed by atoms with Crippen LogP contribution in [0.2, 0.25) is 0 Å². The Morgan fingerprint density at radius 1 is 1.04 bits per heavy atom. The second-order valence-electron chi connectivity index (χ2n) is 5.01. The molecule has 0 bridgehead atoms. The summed E-state index contributed by atoms with van der Waals surface area (Å²) < 4.78 is 13.0. The smallest absolute Gasteiger partial charge is 0.259 e. The topological polar surface area (TPSA) is 72.0 Å². The zero-order valence-corrected chi connectivity index (χ0v) is 18.7. The maximum absolute atomic E-state index is 11.9. The molecule has 2 N–H and O–H groups in total. The average molecular weight is 550 g/mol. The Kier molecular flexibility index (Phi) is 7.92. The van der Waals surface area contributed by atoms with Crippen molar-refractivity contribution in [2.45, 2.75) is 0 Å². The minimum absolute atomic E-state index is 0.0793. The van der Waals surface area contributed by atoms with E-state index in [4.69, 9.17) is 9.47 Å². The molecule has 0 saturated heterocycles. The molecule has 0 spiro atoms. The zero-order valence-electron chi connectivity index (χ0n) is 14.0. The summed E-state index contributed by atoms with van der Waals surface area (Å²) in [6, 6.07) is 9.11. The van der Waals surface area contributed by atoms with Crippen molar-refractivity contribution in [3.63, 3.8) is 0 Å². The van der Waals surface area contributed by atoms with E-state index in [2.05, 4.69) is 63.6 Å². The molecule has 0 radical (unpaired) electrons. The van der Waals surface area contributed by atoms with Crippen LogP contribution in [0.5, 0.6) is 11.5 Å². The molecule has 0 aromatic heterocycles. The van der Waals surface area contributed by atoms with Crippen LogP contribution in [0.1, 0.15) is 5.56 Å².